The summed E-state index contributed by atoms with van der Waals surface area (Å²) in [5, 5.41) is 24.2. The topological polar surface area (TPSA) is 124 Å². The van der Waals surface area contributed by atoms with Gasteiger partial charge in [-0.2, -0.15) is 4.68 Å². The molecule has 4 aromatic rings. The van der Waals surface area contributed by atoms with E-state index in [0.717, 1.165) is 28.4 Å². The van der Waals surface area contributed by atoms with Crippen molar-refractivity contribution >= 4 is 69.6 Å². The van der Waals surface area contributed by atoms with Crippen molar-refractivity contribution in [1.29, 1.82) is 0 Å². The summed E-state index contributed by atoms with van der Waals surface area (Å²) in [6.45, 7) is -0.0239. The minimum atomic E-state index is -0.523. The zero-order valence-corrected chi connectivity index (χ0v) is 22.2. The van der Waals surface area contributed by atoms with Crippen LogP contribution < -0.4 is 0 Å². The highest BCUT2D eigenvalue weighted by Gasteiger charge is 2.35. The molecule has 3 aromatic carbocycles. The van der Waals surface area contributed by atoms with Gasteiger partial charge in [-0.25, -0.2) is 0 Å². The molecule has 0 N–H and O–H groups in total. The standard InChI is InChI=1S/C24H14Cl2N6O4S2/c25-16-8-7-15(18(26)12-16)13-30-22(33)21(38-24(30)34)11-14-6-9-20(19(10-14)32(35)36)37-23-27-28-29-31(23)17-4-2-1-3-5-17/h1-12H,13H2/b21-11-. The number of imide groups is 1. The van der Waals surface area contributed by atoms with E-state index in [9.17, 15) is 19.7 Å². The van der Waals surface area contributed by atoms with E-state index in [1.54, 1.807) is 24.3 Å². The molecule has 0 unspecified atom stereocenters. The van der Waals surface area contributed by atoms with E-state index in [4.69, 9.17) is 23.2 Å². The highest BCUT2D eigenvalue weighted by Crippen LogP contribution is 2.38. The maximum Gasteiger partial charge on any atom is 0.293 e. The molecule has 1 aromatic heterocycles. The van der Waals surface area contributed by atoms with E-state index in [1.165, 1.54) is 22.9 Å². The normalized spacial score (nSPS) is 14.5. The van der Waals surface area contributed by atoms with Gasteiger partial charge in [-0.3, -0.25) is 24.6 Å². The number of carbonyl (C=O) groups is 2. The first kappa shape index (κ1) is 25.9. The first-order valence-corrected chi connectivity index (χ1v) is 13.2. The summed E-state index contributed by atoms with van der Waals surface area (Å²) in [6.07, 6.45) is 1.45. The molecule has 14 heteroatoms. The number of nitro groups is 1. The lowest BCUT2D eigenvalue weighted by molar-refractivity contribution is -0.387. The molecule has 0 bridgehead atoms. The van der Waals surface area contributed by atoms with E-state index in [1.807, 2.05) is 30.3 Å². The Morgan fingerprint density at radius 3 is 2.58 bits per heavy atom. The third-order valence-electron chi connectivity index (χ3n) is 5.34. The maximum absolute atomic E-state index is 13.0. The molecule has 1 aliphatic rings. The summed E-state index contributed by atoms with van der Waals surface area (Å²) in [6, 6.07) is 18.4. The molecule has 1 aliphatic heterocycles. The van der Waals surface area contributed by atoms with Gasteiger partial charge in [0.15, 0.2) is 0 Å². The Bertz CT molecular complexity index is 1610. The number of nitro benzene ring substituents is 1. The molecule has 38 heavy (non-hydrogen) atoms. The molecule has 10 nitrogen and oxygen atoms in total. The van der Waals surface area contributed by atoms with E-state index >= 15 is 0 Å². The Balaban J connectivity index is 1.39. The van der Waals surface area contributed by atoms with Gasteiger partial charge in [0.1, 0.15) is 0 Å². The highest BCUT2D eigenvalue weighted by molar-refractivity contribution is 8.18. The molecular formula is C24H14Cl2N6O4S2. The molecule has 1 fully saturated rings. The first-order chi connectivity index (χ1) is 18.3. The van der Waals surface area contributed by atoms with Crippen molar-refractivity contribution in [2.45, 2.75) is 16.6 Å². The lowest BCUT2D eigenvalue weighted by Gasteiger charge is -2.13. The monoisotopic (exact) mass is 584 g/mol. The van der Waals surface area contributed by atoms with E-state index < -0.39 is 16.1 Å². The summed E-state index contributed by atoms with van der Waals surface area (Å²) < 4.78 is 1.48. The Kier molecular flexibility index (Phi) is 7.47. The second-order valence-corrected chi connectivity index (χ2v) is 10.6. The van der Waals surface area contributed by atoms with E-state index in [2.05, 4.69) is 15.5 Å². The number of carbonyl (C=O) groups excluding carboxylic acids is 2. The van der Waals surface area contributed by atoms with Crippen LogP contribution in [0.1, 0.15) is 11.1 Å². The second-order valence-electron chi connectivity index (χ2n) is 7.80. The number of hydrogen-bond acceptors (Lipinski definition) is 9. The lowest BCUT2D eigenvalue weighted by atomic mass is 10.1. The summed E-state index contributed by atoms with van der Waals surface area (Å²) in [7, 11) is 0. The van der Waals surface area contributed by atoms with E-state index in [-0.39, 0.29) is 17.1 Å². The van der Waals surface area contributed by atoms with Gasteiger partial charge in [-0.1, -0.05) is 53.5 Å². The SMILES string of the molecule is O=C1S/C(=C\c2ccc(Sc3nnnn3-c3ccccc3)c([N+](=O)[O-])c2)C(=O)N1Cc1ccc(Cl)cc1Cl. The van der Waals surface area contributed by atoms with Crippen LogP contribution in [0.15, 0.2) is 81.7 Å². The molecule has 0 spiro atoms. The summed E-state index contributed by atoms with van der Waals surface area (Å²) >= 11 is 13.9. The molecular weight excluding hydrogens is 571 g/mol. The molecule has 0 aliphatic carbocycles. The van der Waals surface area contributed by atoms with E-state index in [0.29, 0.717) is 36.9 Å². The zero-order valence-electron chi connectivity index (χ0n) is 19.0. The van der Waals surface area contributed by atoms with Crippen LogP contribution in [0.4, 0.5) is 10.5 Å². The smallest absolute Gasteiger partial charge is 0.268 e. The zero-order chi connectivity index (χ0) is 26.8. The van der Waals surface area contributed by atoms with Crippen LogP contribution in [0.3, 0.4) is 0 Å². The van der Waals surface area contributed by atoms with Gasteiger partial charge in [0, 0.05) is 16.1 Å². The van der Waals surface area contributed by atoms with Crippen molar-refractivity contribution in [3.8, 4) is 5.69 Å². The van der Waals surface area contributed by atoms with Crippen LogP contribution in [0, 0.1) is 10.1 Å². The number of thioether (sulfide) groups is 1. The lowest BCUT2D eigenvalue weighted by Crippen LogP contribution is -2.27. The number of tetrazole rings is 1. The van der Waals surface area contributed by atoms with Crippen LogP contribution in [0.5, 0.6) is 0 Å². The predicted molar refractivity (Wildman–Crippen MR) is 144 cm³/mol. The van der Waals surface area contributed by atoms with Gasteiger partial charge in [-0.05, 0) is 81.5 Å². The van der Waals surface area contributed by atoms with Crippen molar-refractivity contribution in [3.63, 3.8) is 0 Å². The number of benzene rings is 3. The third-order valence-corrected chi connectivity index (χ3v) is 7.83. The van der Waals surface area contributed by atoms with Crippen molar-refractivity contribution in [2.75, 3.05) is 0 Å². The number of hydrogen-bond donors (Lipinski definition) is 0. The number of halogens is 2. The average molecular weight is 585 g/mol. The van der Waals surface area contributed by atoms with Gasteiger partial charge in [0.2, 0.25) is 5.16 Å². The molecule has 2 heterocycles. The third kappa shape index (κ3) is 5.43. The average Bonchev–Trinajstić information content (AvgIpc) is 3.46. The van der Waals surface area contributed by atoms with Gasteiger partial charge >= 0.3 is 0 Å². The predicted octanol–water partition coefficient (Wildman–Crippen LogP) is 6.27. The number of para-hydroxylation sites is 1. The molecule has 2 amide bonds. The fraction of sp³-hybridized carbons (Fsp3) is 0.0417. The van der Waals surface area contributed by atoms with Crippen LogP contribution >= 0.6 is 46.7 Å². The Morgan fingerprint density at radius 1 is 1.05 bits per heavy atom. The molecule has 0 saturated carbocycles. The van der Waals surface area contributed by atoms with Crippen molar-refractivity contribution in [3.05, 3.63) is 103 Å². The van der Waals surface area contributed by atoms with Crippen molar-refractivity contribution < 1.29 is 14.5 Å². The largest absolute Gasteiger partial charge is 0.293 e. The fourth-order valence-electron chi connectivity index (χ4n) is 3.53. The van der Waals surface area contributed by atoms with Gasteiger partial charge in [0.25, 0.3) is 16.8 Å². The molecule has 0 radical (unpaired) electrons. The molecule has 5 rings (SSSR count). The van der Waals surface area contributed by atoms with Gasteiger partial charge < -0.3 is 0 Å². The second kappa shape index (κ2) is 11.0. The van der Waals surface area contributed by atoms with Crippen molar-refractivity contribution in [2.24, 2.45) is 0 Å². The number of aromatic nitrogens is 4. The minimum absolute atomic E-state index is 0.0239. The fourth-order valence-corrected chi connectivity index (χ4v) is 5.72. The first-order valence-electron chi connectivity index (χ1n) is 10.8. The number of amides is 2. The van der Waals surface area contributed by atoms with Crippen LogP contribution in [0.2, 0.25) is 10.0 Å². The number of rotatable bonds is 7. The Morgan fingerprint density at radius 2 is 1.84 bits per heavy atom. The Labute approximate surface area is 233 Å². The van der Waals surface area contributed by atoms with Crippen LogP contribution in [0.25, 0.3) is 11.8 Å². The molecule has 1 saturated heterocycles. The summed E-state index contributed by atoms with van der Waals surface area (Å²) in [4.78, 5) is 38.4. The highest BCUT2D eigenvalue weighted by atomic mass is 35.5. The molecule has 0 atom stereocenters. The summed E-state index contributed by atoms with van der Waals surface area (Å²) in [5.41, 5.74) is 1.46. The van der Waals surface area contributed by atoms with Gasteiger partial charge in [0.05, 0.1) is 27.0 Å². The van der Waals surface area contributed by atoms with Crippen molar-refractivity contribution in [1.82, 2.24) is 25.1 Å². The maximum atomic E-state index is 13.0. The Hall–Kier alpha value is -3.71. The quantitative estimate of drug-likeness (QED) is 0.140. The molecule has 190 valence electrons. The van der Waals surface area contributed by atoms with Gasteiger partial charge in [-0.15, -0.1) is 5.10 Å². The number of nitrogens with zero attached hydrogens (tertiary/aromatic N) is 6. The minimum Gasteiger partial charge on any atom is -0.268 e. The summed E-state index contributed by atoms with van der Waals surface area (Å²) in [5.74, 6) is -0.519. The van der Waals surface area contributed by atoms with Crippen LogP contribution in [-0.2, 0) is 11.3 Å². The van der Waals surface area contributed by atoms with Crippen LogP contribution in [-0.4, -0.2) is 41.2 Å².